The molecule has 2 aromatic rings. The molecule has 0 saturated carbocycles. The molecular formula is C22H23ClN2O4Si. The first-order valence-electron chi connectivity index (χ1n) is 9.48. The van der Waals surface area contributed by atoms with Gasteiger partial charge in [-0.1, -0.05) is 49.3 Å². The van der Waals surface area contributed by atoms with E-state index in [0.717, 1.165) is 0 Å². The van der Waals surface area contributed by atoms with Crippen molar-refractivity contribution in [2.24, 2.45) is 5.92 Å². The molecule has 30 heavy (non-hydrogen) atoms. The lowest BCUT2D eigenvalue weighted by Crippen LogP contribution is -2.45. The van der Waals surface area contributed by atoms with E-state index in [0.29, 0.717) is 27.6 Å². The number of hydrogen-bond acceptors (Lipinski definition) is 4. The van der Waals surface area contributed by atoms with Crippen LogP contribution in [0.4, 0.5) is 5.69 Å². The number of amides is 1. The molecule has 2 atom stereocenters. The molecular weight excluding hydrogens is 420 g/mol. The van der Waals surface area contributed by atoms with Crippen LogP contribution in [0, 0.1) is 27.5 Å². The minimum Gasteiger partial charge on any atom is -0.497 e. The average molecular weight is 443 g/mol. The summed E-state index contributed by atoms with van der Waals surface area (Å²) in [4.78, 5) is 24.7. The van der Waals surface area contributed by atoms with Crippen molar-refractivity contribution in [3.05, 3.63) is 68.7 Å². The highest BCUT2D eigenvalue weighted by atomic mass is 35.5. The Hall–Kier alpha value is -2.82. The molecule has 1 aliphatic heterocycles. The van der Waals surface area contributed by atoms with E-state index in [2.05, 4.69) is 36.4 Å². The number of halogens is 1. The van der Waals surface area contributed by atoms with Crippen LogP contribution in [0.25, 0.3) is 0 Å². The van der Waals surface area contributed by atoms with Gasteiger partial charge in [0.05, 0.1) is 7.11 Å². The zero-order chi connectivity index (χ0) is 22.1. The maximum absolute atomic E-state index is 13.5. The number of benzene rings is 2. The van der Waals surface area contributed by atoms with Crippen molar-refractivity contribution in [3.63, 3.8) is 0 Å². The molecule has 0 fully saturated rings. The minimum atomic E-state index is -1.86. The van der Waals surface area contributed by atoms with Crippen LogP contribution in [0.3, 0.4) is 0 Å². The monoisotopic (exact) mass is 442 g/mol. The summed E-state index contributed by atoms with van der Waals surface area (Å²) in [5, 5.41) is 15.0. The Labute approximate surface area is 181 Å². The first-order valence-corrected chi connectivity index (χ1v) is 13.4. The highest BCUT2D eigenvalue weighted by molar-refractivity contribution is 6.83. The van der Waals surface area contributed by atoms with Crippen LogP contribution in [0.1, 0.15) is 11.1 Å². The molecule has 1 N–H and O–H groups in total. The Morgan fingerprint density at radius 2 is 1.90 bits per heavy atom. The summed E-state index contributed by atoms with van der Waals surface area (Å²) in [6.45, 7) is 5.71. The lowest BCUT2D eigenvalue weighted by molar-refractivity contribution is -0.486. The van der Waals surface area contributed by atoms with Gasteiger partial charge in [-0.25, -0.2) is 0 Å². The molecule has 0 radical (unpaired) electrons. The van der Waals surface area contributed by atoms with E-state index < -0.39 is 30.9 Å². The molecule has 1 heterocycles. The number of fused-ring (bicyclic) bond motifs is 1. The predicted octanol–water partition coefficient (Wildman–Crippen LogP) is 4.36. The fourth-order valence-corrected chi connectivity index (χ4v) is 4.51. The van der Waals surface area contributed by atoms with E-state index in [-0.39, 0.29) is 5.91 Å². The van der Waals surface area contributed by atoms with Crippen molar-refractivity contribution in [3.8, 4) is 17.2 Å². The van der Waals surface area contributed by atoms with Gasteiger partial charge < -0.3 is 10.1 Å². The Morgan fingerprint density at radius 3 is 2.47 bits per heavy atom. The molecule has 1 aliphatic rings. The summed E-state index contributed by atoms with van der Waals surface area (Å²) in [6.07, 6.45) is 0. The summed E-state index contributed by atoms with van der Waals surface area (Å²) < 4.78 is 5.25. The molecule has 156 valence electrons. The quantitative estimate of drug-likeness (QED) is 0.323. The predicted molar refractivity (Wildman–Crippen MR) is 120 cm³/mol. The zero-order valence-electron chi connectivity index (χ0n) is 17.3. The molecule has 1 amide bonds. The van der Waals surface area contributed by atoms with Gasteiger partial charge in [0.25, 0.3) is 0 Å². The van der Waals surface area contributed by atoms with E-state index in [4.69, 9.17) is 16.3 Å². The van der Waals surface area contributed by atoms with Crippen molar-refractivity contribution in [1.82, 2.24) is 0 Å². The van der Waals surface area contributed by atoms with Gasteiger partial charge in [-0.3, -0.25) is 14.9 Å². The van der Waals surface area contributed by atoms with Crippen molar-refractivity contribution < 1.29 is 14.5 Å². The lowest BCUT2D eigenvalue weighted by Gasteiger charge is -2.32. The van der Waals surface area contributed by atoms with Gasteiger partial charge >= 0.3 is 0 Å². The number of methoxy groups -OCH3 is 1. The Kier molecular flexibility index (Phi) is 5.93. The van der Waals surface area contributed by atoms with Crippen LogP contribution in [-0.4, -0.2) is 32.6 Å². The van der Waals surface area contributed by atoms with Gasteiger partial charge in [-0.2, -0.15) is 0 Å². The molecule has 0 saturated heterocycles. The van der Waals surface area contributed by atoms with Crippen LogP contribution in [0.15, 0.2) is 42.5 Å². The van der Waals surface area contributed by atoms with Crippen LogP contribution in [0.5, 0.6) is 5.75 Å². The highest BCUT2D eigenvalue weighted by Gasteiger charge is 2.55. The van der Waals surface area contributed by atoms with E-state index in [9.17, 15) is 14.9 Å². The number of anilines is 1. The van der Waals surface area contributed by atoms with Crippen molar-refractivity contribution >= 4 is 31.3 Å². The van der Waals surface area contributed by atoms with E-state index in [1.54, 1.807) is 49.6 Å². The van der Waals surface area contributed by atoms with Gasteiger partial charge in [0.1, 0.15) is 25.2 Å². The molecule has 0 aromatic heterocycles. The Balaban J connectivity index is 2.34. The normalized spacial score (nSPS) is 18.6. The number of hydrogen-bond donors (Lipinski definition) is 1. The number of rotatable bonds is 5. The molecule has 0 unspecified atom stereocenters. The Morgan fingerprint density at radius 1 is 1.23 bits per heavy atom. The van der Waals surface area contributed by atoms with Gasteiger partial charge in [-0.05, 0) is 41.5 Å². The third kappa shape index (κ3) is 4.06. The maximum Gasteiger partial charge on any atom is 0.241 e. The summed E-state index contributed by atoms with van der Waals surface area (Å²) in [5.41, 5.74) is 3.67. The van der Waals surface area contributed by atoms with Crippen LogP contribution in [-0.2, 0) is 10.2 Å². The van der Waals surface area contributed by atoms with Gasteiger partial charge in [0.15, 0.2) is 0 Å². The van der Waals surface area contributed by atoms with E-state index in [1.807, 2.05) is 0 Å². The second-order valence-electron chi connectivity index (χ2n) is 8.27. The number of ether oxygens (including phenoxy) is 1. The maximum atomic E-state index is 13.5. The van der Waals surface area contributed by atoms with Gasteiger partial charge in [0, 0.05) is 15.6 Å². The first-order chi connectivity index (χ1) is 14.1. The SMILES string of the molecule is COc1ccc([C@@]2([C@@H](C#C[Si](C)(C)C)C[N+](=O)[O-])C(=O)Nc3ccc(Cl)cc32)cc1. The van der Waals surface area contributed by atoms with Crippen molar-refractivity contribution in [2.75, 3.05) is 19.0 Å². The Bertz CT molecular complexity index is 1050. The number of nitrogens with one attached hydrogen (secondary N) is 1. The van der Waals surface area contributed by atoms with Crippen LogP contribution in [0.2, 0.25) is 24.7 Å². The van der Waals surface area contributed by atoms with E-state index in [1.165, 1.54) is 0 Å². The number of nitro groups is 1. The highest BCUT2D eigenvalue weighted by Crippen LogP contribution is 2.49. The largest absolute Gasteiger partial charge is 0.497 e. The lowest BCUT2D eigenvalue weighted by atomic mass is 9.66. The fraction of sp³-hybridized carbons (Fsp3) is 0.318. The second-order valence-corrected chi connectivity index (χ2v) is 13.5. The molecule has 0 bridgehead atoms. The van der Waals surface area contributed by atoms with Crippen LogP contribution >= 0.6 is 11.6 Å². The first kappa shape index (κ1) is 21.9. The van der Waals surface area contributed by atoms with Crippen molar-refractivity contribution in [1.29, 1.82) is 0 Å². The third-order valence-electron chi connectivity index (χ3n) is 5.03. The topological polar surface area (TPSA) is 81.5 Å². The zero-order valence-corrected chi connectivity index (χ0v) is 19.0. The number of carbonyl (C=O) groups excluding carboxylic acids is 1. The molecule has 0 spiro atoms. The van der Waals surface area contributed by atoms with Gasteiger partial charge in [0.2, 0.25) is 12.5 Å². The van der Waals surface area contributed by atoms with Gasteiger partial charge in [-0.15, -0.1) is 5.54 Å². The fourth-order valence-electron chi connectivity index (χ4n) is 3.73. The summed E-state index contributed by atoms with van der Waals surface area (Å²) >= 11 is 6.27. The van der Waals surface area contributed by atoms with Crippen molar-refractivity contribution in [2.45, 2.75) is 25.1 Å². The summed E-state index contributed by atoms with van der Waals surface area (Å²) in [6, 6.07) is 12.1. The molecule has 3 rings (SSSR count). The molecule has 8 heteroatoms. The second kappa shape index (κ2) is 8.13. The standard InChI is InChI=1S/C22H23ClN2O4Si/c1-29-18-8-5-15(6-9-18)22(16(14-25(27)28)11-12-30(2,3)4)19-13-17(23)7-10-20(19)24-21(22)26/h5-10,13,16H,14H2,1-4H3,(H,24,26)/t16-,22-/m0/s1. The molecule has 0 aliphatic carbocycles. The molecule has 2 aromatic carbocycles. The number of carbonyl (C=O) groups is 1. The van der Waals surface area contributed by atoms with Crippen LogP contribution < -0.4 is 10.1 Å². The summed E-state index contributed by atoms with van der Waals surface area (Å²) in [7, 11) is -0.304. The summed E-state index contributed by atoms with van der Waals surface area (Å²) in [5.74, 6) is 2.54. The van der Waals surface area contributed by atoms with E-state index >= 15 is 0 Å². The smallest absolute Gasteiger partial charge is 0.241 e. The number of nitrogens with zero attached hydrogens (tertiary/aromatic N) is 1. The average Bonchev–Trinajstić information content (AvgIpc) is 2.96. The molecule has 6 nitrogen and oxygen atoms in total. The third-order valence-corrected chi connectivity index (χ3v) is 6.16. The minimum absolute atomic E-state index is 0.346.